The van der Waals surface area contributed by atoms with Gasteiger partial charge in [0.2, 0.25) is 0 Å². The number of aryl methyl sites for hydroxylation is 1. The third-order valence-corrected chi connectivity index (χ3v) is 3.48. The second-order valence-electron chi connectivity index (χ2n) is 5.02. The summed E-state index contributed by atoms with van der Waals surface area (Å²) in [7, 11) is 1.58. The van der Waals surface area contributed by atoms with Crippen molar-refractivity contribution in [3.05, 3.63) is 64.2 Å². The Hall–Kier alpha value is -2.04. The molecule has 2 rings (SSSR count). The van der Waals surface area contributed by atoms with Crippen molar-refractivity contribution in [2.45, 2.75) is 13.0 Å². The minimum Gasteiger partial charge on any atom is -0.497 e. The molecule has 22 heavy (non-hydrogen) atoms. The molecule has 1 amide bonds. The predicted molar refractivity (Wildman–Crippen MR) is 86.5 cm³/mol. The zero-order chi connectivity index (χ0) is 16.1. The van der Waals surface area contributed by atoms with Gasteiger partial charge in [-0.15, -0.1) is 0 Å². The Balaban J connectivity index is 1.97. The summed E-state index contributed by atoms with van der Waals surface area (Å²) in [6, 6.07) is 12.2. The number of methoxy groups -OCH3 is 1. The van der Waals surface area contributed by atoms with E-state index in [1.807, 2.05) is 6.92 Å². The lowest BCUT2D eigenvalue weighted by Crippen LogP contribution is -2.28. The van der Waals surface area contributed by atoms with E-state index in [2.05, 4.69) is 5.32 Å². The lowest BCUT2D eigenvalue weighted by Gasteiger charge is -2.13. The molecule has 4 nitrogen and oxygen atoms in total. The van der Waals surface area contributed by atoms with Gasteiger partial charge in [-0.2, -0.15) is 0 Å². The average molecular weight is 320 g/mol. The molecule has 1 atom stereocenters. The maximum atomic E-state index is 12.1. The summed E-state index contributed by atoms with van der Waals surface area (Å²) in [5, 5.41) is 13.3. The fourth-order valence-electron chi connectivity index (χ4n) is 2.10. The molecule has 116 valence electrons. The molecule has 0 heterocycles. The highest BCUT2D eigenvalue weighted by atomic mass is 35.5. The van der Waals surface area contributed by atoms with Gasteiger partial charge in [0.05, 0.1) is 13.2 Å². The van der Waals surface area contributed by atoms with E-state index in [-0.39, 0.29) is 12.5 Å². The molecule has 0 aromatic heterocycles. The first kappa shape index (κ1) is 16.3. The number of carbonyl (C=O) groups is 1. The highest BCUT2D eigenvalue weighted by Crippen LogP contribution is 2.18. The van der Waals surface area contributed by atoms with Crippen molar-refractivity contribution in [2.75, 3.05) is 13.7 Å². The van der Waals surface area contributed by atoms with E-state index < -0.39 is 6.10 Å². The average Bonchev–Trinajstić information content (AvgIpc) is 2.51. The van der Waals surface area contributed by atoms with Crippen LogP contribution >= 0.6 is 11.6 Å². The molecule has 0 saturated heterocycles. The number of halogens is 1. The molecule has 0 aliphatic carbocycles. The zero-order valence-corrected chi connectivity index (χ0v) is 13.2. The van der Waals surface area contributed by atoms with Crippen molar-refractivity contribution in [3.8, 4) is 5.75 Å². The number of aliphatic hydroxyl groups is 1. The number of hydrogen-bond donors (Lipinski definition) is 2. The maximum absolute atomic E-state index is 12.1. The van der Waals surface area contributed by atoms with Gasteiger partial charge < -0.3 is 15.2 Å². The van der Waals surface area contributed by atoms with Crippen molar-refractivity contribution >= 4 is 17.5 Å². The van der Waals surface area contributed by atoms with E-state index in [1.54, 1.807) is 49.6 Å². The van der Waals surface area contributed by atoms with E-state index in [1.165, 1.54) is 0 Å². The smallest absolute Gasteiger partial charge is 0.251 e. The van der Waals surface area contributed by atoms with Crippen LogP contribution in [0, 0.1) is 6.92 Å². The minimum absolute atomic E-state index is 0.122. The van der Waals surface area contributed by atoms with E-state index in [0.717, 1.165) is 11.3 Å². The van der Waals surface area contributed by atoms with Crippen molar-refractivity contribution < 1.29 is 14.6 Å². The van der Waals surface area contributed by atoms with Crippen LogP contribution in [0.1, 0.15) is 27.6 Å². The van der Waals surface area contributed by atoms with E-state index in [0.29, 0.717) is 16.1 Å². The van der Waals surface area contributed by atoms with Gasteiger partial charge in [0.25, 0.3) is 5.91 Å². The Morgan fingerprint density at radius 3 is 2.55 bits per heavy atom. The number of aliphatic hydroxyl groups excluding tert-OH is 1. The van der Waals surface area contributed by atoms with Gasteiger partial charge in [0, 0.05) is 17.1 Å². The molecule has 1 unspecified atom stereocenters. The van der Waals surface area contributed by atoms with Crippen molar-refractivity contribution in [1.29, 1.82) is 0 Å². The highest BCUT2D eigenvalue weighted by Gasteiger charge is 2.12. The molecule has 0 saturated carbocycles. The van der Waals surface area contributed by atoms with Crippen LogP contribution in [0.5, 0.6) is 5.75 Å². The Morgan fingerprint density at radius 1 is 1.27 bits per heavy atom. The Morgan fingerprint density at radius 2 is 1.95 bits per heavy atom. The quantitative estimate of drug-likeness (QED) is 0.890. The van der Waals surface area contributed by atoms with Gasteiger partial charge in [0.15, 0.2) is 0 Å². The van der Waals surface area contributed by atoms with Crippen molar-refractivity contribution in [1.82, 2.24) is 5.32 Å². The maximum Gasteiger partial charge on any atom is 0.251 e. The van der Waals surface area contributed by atoms with Crippen molar-refractivity contribution in [3.63, 3.8) is 0 Å². The van der Waals surface area contributed by atoms with Gasteiger partial charge in [0.1, 0.15) is 5.75 Å². The molecule has 5 heteroatoms. The second-order valence-corrected chi connectivity index (χ2v) is 5.45. The molecule has 0 spiro atoms. The lowest BCUT2D eigenvalue weighted by molar-refractivity contribution is 0.0916. The van der Waals surface area contributed by atoms with Gasteiger partial charge in [-0.25, -0.2) is 0 Å². The molecule has 0 aliphatic heterocycles. The summed E-state index contributed by atoms with van der Waals surface area (Å²) < 4.78 is 5.06. The molecule has 0 aliphatic rings. The summed E-state index contributed by atoms with van der Waals surface area (Å²) in [6.45, 7) is 1.99. The summed E-state index contributed by atoms with van der Waals surface area (Å²) in [5.74, 6) is 0.451. The standard InChI is InChI=1S/C17H18ClNO3/c1-11-7-13(9-14(18)8-11)17(21)19-10-16(20)12-3-5-15(22-2)6-4-12/h3-9,16,20H,10H2,1-2H3,(H,19,21). The van der Waals surface area contributed by atoms with E-state index >= 15 is 0 Å². The van der Waals surface area contributed by atoms with Gasteiger partial charge in [-0.1, -0.05) is 23.7 Å². The first-order valence-corrected chi connectivity index (χ1v) is 7.25. The van der Waals surface area contributed by atoms with Gasteiger partial charge in [-0.05, 0) is 48.4 Å². The molecule has 0 bridgehead atoms. The van der Waals surface area contributed by atoms with Crippen LogP contribution in [0.25, 0.3) is 0 Å². The summed E-state index contributed by atoms with van der Waals surface area (Å²) in [5.41, 5.74) is 2.10. The number of rotatable bonds is 5. The first-order chi connectivity index (χ1) is 10.5. The largest absolute Gasteiger partial charge is 0.497 e. The molecule has 0 radical (unpaired) electrons. The topological polar surface area (TPSA) is 58.6 Å². The summed E-state index contributed by atoms with van der Waals surface area (Å²) >= 11 is 5.94. The molecule has 2 aromatic rings. The number of hydrogen-bond acceptors (Lipinski definition) is 3. The number of ether oxygens (including phenoxy) is 1. The fourth-order valence-corrected chi connectivity index (χ4v) is 2.39. The van der Waals surface area contributed by atoms with Crippen LogP contribution in [-0.2, 0) is 0 Å². The number of nitrogens with one attached hydrogen (secondary N) is 1. The SMILES string of the molecule is COc1ccc(C(O)CNC(=O)c2cc(C)cc(Cl)c2)cc1. The molecular formula is C17H18ClNO3. The summed E-state index contributed by atoms with van der Waals surface area (Å²) in [4.78, 5) is 12.1. The predicted octanol–water partition coefficient (Wildman–Crippen LogP) is 3.12. The number of carbonyl (C=O) groups excluding carboxylic acids is 1. The Labute approximate surface area is 134 Å². The molecular weight excluding hydrogens is 302 g/mol. The number of benzene rings is 2. The number of amides is 1. The van der Waals surface area contributed by atoms with Gasteiger partial charge >= 0.3 is 0 Å². The lowest BCUT2D eigenvalue weighted by atomic mass is 10.1. The first-order valence-electron chi connectivity index (χ1n) is 6.87. The molecule has 2 aromatic carbocycles. The van der Waals surface area contributed by atoms with E-state index in [4.69, 9.17) is 16.3 Å². The van der Waals surface area contributed by atoms with Crippen LogP contribution < -0.4 is 10.1 Å². The second kappa shape index (κ2) is 7.29. The van der Waals surface area contributed by atoms with Gasteiger partial charge in [-0.3, -0.25) is 4.79 Å². The van der Waals surface area contributed by atoms with Crippen LogP contribution in [-0.4, -0.2) is 24.7 Å². The molecule has 2 N–H and O–H groups in total. The van der Waals surface area contributed by atoms with E-state index in [9.17, 15) is 9.90 Å². The third-order valence-electron chi connectivity index (χ3n) is 3.26. The Kier molecular flexibility index (Phi) is 5.41. The van der Waals surface area contributed by atoms with Crippen LogP contribution in [0.3, 0.4) is 0 Å². The highest BCUT2D eigenvalue weighted by molar-refractivity contribution is 6.31. The van der Waals surface area contributed by atoms with Crippen LogP contribution in [0.2, 0.25) is 5.02 Å². The van der Waals surface area contributed by atoms with Crippen LogP contribution in [0.4, 0.5) is 0 Å². The molecule has 0 fully saturated rings. The monoisotopic (exact) mass is 319 g/mol. The van der Waals surface area contributed by atoms with Crippen molar-refractivity contribution in [2.24, 2.45) is 0 Å². The normalized spacial score (nSPS) is 11.8. The van der Waals surface area contributed by atoms with Crippen LogP contribution in [0.15, 0.2) is 42.5 Å². The third kappa shape index (κ3) is 4.23. The Bertz CT molecular complexity index is 635. The fraction of sp³-hybridized carbons (Fsp3) is 0.235. The minimum atomic E-state index is -0.782. The summed E-state index contributed by atoms with van der Waals surface area (Å²) in [6.07, 6.45) is -0.782. The zero-order valence-electron chi connectivity index (χ0n) is 12.5.